The molecule has 6 nitrogen and oxygen atoms in total. The van der Waals surface area contributed by atoms with E-state index in [1.54, 1.807) is 24.3 Å². The topological polar surface area (TPSA) is 62.2 Å². The summed E-state index contributed by atoms with van der Waals surface area (Å²) in [5.74, 6) is 0.941. The summed E-state index contributed by atoms with van der Waals surface area (Å²) in [6, 6.07) is 17.6. The highest BCUT2D eigenvalue weighted by molar-refractivity contribution is 5.95. The Morgan fingerprint density at radius 3 is 2.71 bits per heavy atom. The van der Waals surface area contributed by atoms with Crippen LogP contribution in [0.5, 0.6) is 11.5 Å². The van der Waals surface area contributed by atoms with E-state index in [0.717, 1.165) is 28.8 Å². The standard InChI is InChI=1S/C27H25FN2O4/c1-29-22-7-5-17(16-3-2-4-19(28)11-16)12-21(22)26-20(23(29)14-31)9-10-30(26)27(32)18-6-8-24-25(13-18)34-15-33-24/h2-8,11-13,20,23,26,31H,9-10,14-15H2,1H3/t20-,23+,26-/m0/s1. The van der Waals surface area contributed by atoms with E-state index in [1.165, 1.54) is 12.1 Å². The van der Waals surface area contributed by atoms with Crippen LogP contribution in [-0.2, 0) is 0 Å². The number of carbonyl (C=O) groups excluding carboxylic acids is 1. The van der Waals surface area contributed by atoms with Gasteiger partial charge in [-0.15, -0.1) is 0 Å². The number of likely N-dealkylation sites (tertiary alicyclic amines) is 1. The first kappa shape index (κ1) is 21.0. The van der Waals surface area contributed by atoms with Crippen molar-refractivity contribution < 1.29 is 23.8 Å². The Morgan fingerprint density at radius 2 is 1.88 bits per heavy atom. The number of amides is 1. The molecular weight excluding hydrogens is 435 g/mol. The summed E-state index contributed by atoms with van der Waals surface area (Å²) in [5.41, 5.74) is 4.23. The molecule has 3 aromatic carbocycles. The normalized spacial score (nSPS) is 22.5. The molecule has 3 aliphatic heterocycles. The molecule has 3 aliphatic rings. The number of halogens is 1. The predicted octanol–water partition coefficient (Wildman–Crippen LogP) is 4.24. The molecule has 34 heavy (non-hydrogen) atoms. The molecule has 0 aliphatic carbocycles. The first-order valence-corrected chi connectivity index (χ1v) is 11.5. The lowest BCUT2D eigenvalue weighted by Gasteiger charge is -2.44. The van der Waals surface area contributed by atoms with Crippen LogP contribution in [0.15, 0.2) is 60.7 Å². The fraction of sp³-hybridized carbons (Fsp3) is 0.296. The smallest absolute Gasteiger partial charge is 0.254 e. The zero-order valence-electron chi connectivity index (χ0n) is 18.8. The highest BCUT2D eigenvalue weighted by atomic mass is 19.1. The second-order valence-corrected chi connectivity index (χ2v) is 9.11. The third-order valence-electron chi connectivity index (χ3n) is 7.39. The third kappa shape index (κ3) is 3.22. The van der Waals surface area contributed by atoms with Gasteiger partial charge < -0.3 is 24.4 Å². The van der Waals surface area contributed by atoms with Crippen molar-refractivity contribution in [3.63, 3.8) is 0 Å². The average Bonchev–Trinajstić information content (AvgIpc) is 3.50. The molecule has 1 N–H and O–H groups in total. The number of carbonyl (C=O) groups is 1. The molecule has 6 rings (SSSR count). The summed E-state index contributed by atoms with van der Waals surface area (Å²) in [6.07, 6.45) is 0.792. The van der Waals surface area contributed by atoms with E-state index in [2.05, 4.69) is 11.0 Å². The van der Waals surface area contributed by atoms with Crippen LogP contribution in [0.25, 0.3) is 11.1 Å². The Kier molecular flexibility index (Phi) is 4.95. The highest BCUT2D eigenvalue weighted by Crippen LogP contribution is 2.50. The monoisotopic (exact) mass is 460 g/mol. The van der Waals surface area contributed by atoms with Crippen LogP contribution < -0.4 is 14.4 Å². The predicted molar refractivity (Wildman–Crippen MR) is 126 cm³/mol. The van der Waals surface area contributed by atoms with Gasteiger partial charge in [-0.05, 0) is 65.6 Å². The molecule has 0 unspecified atom stereocenters. The number of hydrogen-bond donors (Lipinski definition) is 1. The minimum absolute atomic E-state index is 0.00874. The van der Waals surface area contributed by atoms with E-state index >= 15 is 0 Å². The number of benzene rings is 3. The number of fused-ring (bicyclic) bond motifs is 4. The maximum Gasteiger partial charge on any atom is 0.254 e. The lowest BCUT2D eigenvalue weighted by molar-refractivity contribution is 0.0693. The lowest BCUT2D eigenvalue weighted by atomic mass is 9.81. The Morgan fingerprint density at radius 1 is 1.06 bits per heavy atom. The van der Waals surface area contributed by atoms with Crippen LogP contribution in [-0.4, -0.2) is 48.9 Å². The first-order valence-electron chi connectivity index (χ1n) is 11.5. The summed E-state index contributed by atoms with van der Waals surface area (Å²) in [6.45, 7) is 0.757. The quantitative estimate of drug-likeness (QED) is 0.634. The summed E-state index contributed by atoms with van der Waals surface area (Å²) >= 11 is 0. The van der Waals surface area contributed by atoms with Gasteiger partial charge in [0.1, 0.15) is 5.82 Å². The molecule has 0 radical (unpaired) electrons. The van der Waals surface area contributed by atoms with Crippen LogP contribution in [0, 0.1) is 11.7 Å². The van der Waals surface area contributed by atoms with E-state index in [0.29, 0.717) is 23.6 Å². The number of rotatable bonds is 3. The maximum absolute atomic E-state index is 13.9. The molecule has 174 valence electrons. The molecule has 0 saturated carbocycles. The largest absolute Gasteiger partial charge is 0.454 e. The molecule has 1 fully saturated rings. The number of ether oxygens (including phenoxy) is 2. The van der Waals surface area contributed by atoms with Gasteiger partial charge in [-0.25, -0.2) is 4.39 Å². The van der Waals surface area contributed by atoms with E-state index in [-0.39, 0.29) is 43.1 Å². The van der Waals surface area contributed by atoms with Crippen molar-refractivity contribution in [3.8, 4) is 22.6 Å². The zero-order valence-corrected chi connectivity index (χ0v) is 18.8. The van der Waals surface area contributed by atoms with Crippen LogP contribution >= 0.6 is 0 Å². The van der Waals surface area contributed by atoms with Crippen molar-refractivity contribution in [2.75, 3.05) is 31.9 Å². The maximum atomic E-state index is 13.9. The summed E-state index contributed by atoms with van der Waals surface area (Å²) in [5, 5.41) is 10.2. The van der Waals surface area contributed by atoms with Gasteiger partial charge in [-0.1, -0.05) is 18.2 Å². The number of nitrogens with zero attached hydrogens (tertiary/aromatic N) is 2. The molecule has 3 heterocycles. The number of hydrogen-bond acceptors (Lipinski definition) is 5. The fourth-order valence-electron chi connectivity index (χ4n) is 5.72. The second-order valence-electron chi connectivity index (χ2n) is 9.11. The van der Waals surface area contributed by atoms with Gasteiger partial charge in [0, 0.05) is 30.8 Å². The van der Waals surface area contributed by atoms with E-state index in [4.69, 9.17) is 9.47 Å². The van der Waals surface area contributed by atoms with Gasteiger partial charge in [0.2, 0.25) is 6.79 Å². The number of aliphatic hydroxyl groups is 1. The van der Waals surface area contributed by atoms with Crippen molar-refractivity contribution in [1.29, 1.82) is 0 Å². The second kappa shape index (κ2) is 8.02. The minimum Gasteiger partial charge on any atom is -0.454 e. The zero-order chi connectivity index (χ0) is 23.4. The van der Waals surface area contributed by atoms with Crippen LogP contribution in [0.4, 0.5) is 10.1 Å². The first-order chi connectivity index (χ1) is 16.5. The molecule has 3 aromatic rings. The summed E-state index contributed by atoms with van der Waals surface area (Å²) < 4.78 is 24.8. The van der Waals surface area contributed by atoms with Gasteiger partial charge in [-0.3, -0.25) is 4.79 Å². The molecular formula is C27H25FN2O4. The summed E-state index contributed by atoms with van der Waals surface area (Å²) in [4.78, 5) is 17.7. The minimum atomic E-state index is -0.286. The van der Waals surface area contributed by atoms with E-state index < -0.39 is 0 Å². The van der Waals surface area contributed by atoms with Crippen LogP contribution in [0.3, 0.4) is 0 Å². The van der Waals surface area contributed by atoms with E-state index in [9.17, 15) is 14.3 Å². The molecule has 1 saturated heterocycles. The van der Waals surface area contributed by atoms with Crippen LogP contribution in [0.2, 0.25) is 0 Å². The molecule has 1 amide bonds. The van der Waals surface area contributed by atoms with Gasteiger partial charge in [0.05, 0.1) is 18.7 Å². The van der Waals surface area contributed by atoms with Crippen molar-refractivity contribution in [3.05, 3.63) is 77.6 Å². The summed E-state index contributed by atoms with van der Waals surface area (Å²) in [7, 11) is 1.99. The van der Waals surface area contributed by atoms with Gasteiger partial charge >= 0.3 is 0 Å². The fourth-order valence-corrected chi connectivity index (χ4v) is 5.72. The molecule has 3 atom stereocenters. The average molecular weight is 461 g/mol. The van der Waals surface area contributed by atoms with Crippen molar-refractivity contribution >= 4 is 11.6 Å². The molecule has 7 heteroatoms. The van der Waals surface area contributed by atoms with Crippen molar-refractivity contribution in [2.45, 2.75) is 18.5 Å². The Labute approximate surface area is 197 Å². The Hall–Kier alpha value is -3.58. The number of aliphatic hydroxyl groups excluding tert-OH is 1. The lowest BCUT2D eigenvalue weighted by Crippen LogP contribution is -2.48. The molecule has 0 aromatic heterocycles. The SMILES string of the molecule is CN1c2ccc(-c3cccc(F)c3)cc2[C@@H]2[C@@H](CCN2C(=O)c2ccc3c(c2)OCO3)[C@H]1CO. The Balaban J connectivity index is 1.43. The van der Waals surface area contributed by atoms with Gasteiger partial charge in [-0.2, -0.15) is 0 Å². The Bertz CT molecular complexity index is 1280. The molecule has 0 spiro atoms. The van der Waals surface area contributed by atoms with Crippen LogP contribution in [0.1, 0.15) is 28.4 Å². The highest BCUT2D eigenvalue weighted by Gasteiger charge is 2.47. The third-order valence-corrected chi connectivity index (χ3v) is 7.39. The van der Waals surface area contributed by atoms with Gasteiger partial charge in [0.25, 0.3) is 5.91 Å². The molecule has 0 bridgehead atoms. The van der Waals surface area contributed by atoms with Crippen molar-refractivity contribution in [2.24, 2.45) is 5.92 Å². The van der Waals surface area contributed by atoms with Crippen molar-refractivity contribution in [1.82, 2.24) is 4.90 Å². The number of likely N-dealkylation sites (N-methyl/N-ethyl adjacent to an activating group) is 1. The number of anilines is 1. The van der Waals surface area contributed by atoms with Gasteiger partial charge in [0.15, 0.2) is 11.5 Å². The van der Waals surface area contributed by atoms with E-state index in [1.807, 2.05) is 30.1 Å².